The number of hydrogen-bond donors (Lipinski definition) is 1. The maximum absolute atomic E-state index is 13.9. The summed E-state index contributed by atoms with van der Waals surface area (Å²) in [5, 5.41) is 4.75. The Kier molecular flexibility index (Phi) is 6.69. The summed E-state index contributed by atoms with van der Waals surface area (Å²) in [5.41, 5.74) is 5.15. The number of allylic oxidation sites excluding steroid dienone is 3. The number of benzene rings is 2. The number of pyridine rings is 1. The maximum atomic E-state index is 13.9. The first-order valence-corrected chi connectivity index (χ1v) is 15.4. The molecule has 40 heavy (non-hydrogen) atoms. The van der Waals surface area contributed by atoms with Gasteiger partial charge in [0.1, 0.15) is 5.82 Å². The highest BCUT2D eigenvalue weighted by atomic mass is 32.2. The van der Waals surface area contributed by atoms with Crippen LogP contribution in [0.3, 0.4) is 0 Å². The number of aliphatic imine (C=N–C) groups is 1. The molecule has 2 bridgehead atoms. The van der Waals surface area contributed by atoms with E-state index in [9.17, 15) is 17.6 Å². The second kappa shape index (κ2) is 9.54. The zero-order valence-electron chi connectivity index (χ0n) is 23.9. The second-order valence-corrected chi connectivity index (χ2v) is 13.8. The van der Waals surface area contributed by atoms with Crippen LogP contribution in [0.2, 0.25) is 0 Å². The number of sulfone groups is 1. The lowest BCUT2D eigenvalue weighted by Gasteiger charge is -2.71. The smallest absolute Gasteiger partial charge is 0.258 e. The van der Waals surface area contributed by atoms with E-state index in [1.807, 2.05) is 53.1 Å². The third kappa shape index (κ3) is 4.52. The lowest BCUT2D eigenvalue weighted by molar-refractivity contribution is -0.109. The Morgan fingerprint density at radius 1 is 1.18 bits per heavy atom. The van der Waals surface area contributed by atoms with Crippen molar-refractivity contribution in [2.45, 2.75) is 63.3 Å². The van der Waals surface area contributed by atoms with Gasteiger partial charge in [0.05, 0.1) is 10.6 Å². The van der Waals surface area contributed by atoms with Crippen molar-refractivity contribution in [2.24, 2.45) is 17.5 Å². The summed E-state index contributed by atoms with van der Waals surface area (Å²) >= 11 is 0. The topological polar surface area (TPSA) is 80.5 Å². The molecule has 3 aromatic rings. The minimum absolute atomic E-state index is 0.0443. The number of aromatic nitrogens is 1. The van der Waals surface area contributed by atoms with Gasteiger partial charge in [0.25, 0.3) is 5.56 Å². The molecule has 0 radical (unpaired) electrons. The molecule has 1 aromatic heterocycles. The van der Waals surface area contributed by atoms with Gasteiger partial charge < -0.3 is 9.88 Å². The minimum Gasteiger partial charge on any atom is -0.377 e. The number of anilines is 1. The van der Waals surface area contributed by atoms with Gasteiger partial charge in [-0.15, -0.1) is 0 Å². The van der Waals surface area contributed by atoms with Crippen LogP contribution in [0.4, 0.5) is 10.1 Å². The SMILES string of the molecule is C=C(C)N=C/C(=C\C)C12CC(c3cc4c([C@@H](C)Nc5ccc(F)cc5S(C)(=O)=O)cc(C)cc4c(=O)n3C)(C1)C2. The Balaban J connectivity index is 1.55. The van der Waals surface area contributed by atoms with Gasteiger partial charge in [-0.3, -0.25) is 9.79 Å². The van der Waals surface area contributed by atoms with E-state index in [1.165, 1.54) is 17.7 Å². The lowest BCUT2D eigenvalue weighted by atomic mass is 9.32. The standard InChI is InChI=1S/C32H36FN3O3S/c1-8-22(15-34-19(2)3)31-16-32(17-31,18-31)29-14-25-24(11-20(4)12-26(25)30(37)36(29)6)21(5)35-27-10-9-23(33)13-28(27)40(7,38)39/h8-15,21,35H,2,16-18H2,1,3-7H3/b22-8+,34-15?/t21-,31?,32?/m1/s1. The first-order chi connectivity index (χ1) is 18.7. The van der Waals surface area contributed by atoms with E-state index >= 15 is 0 Å². The highest BCUT2D eigenvalue weighted by Crippen LogP contribution is 2.76. The van der Waals surface area contributed by atoms with Crippen LogP contribution in [-0.4, -0.2) is 25.5 Å². The van der Waals surface area contributed by atoms with Crippen molar-refractivity contribution < 1.29 is 12.8 Å². The van der Waals surface area contributed by atoms with E-state index in [4.69, 9.17) is 0 Å². The van der Waals surface area contributed by atoms with Gasteiger partial charge in [-0.05, 0) is 105 Å². The highest BCUT2D eigenvalue weighted by molar-refractivity contribution is 7.90. The number of rotatable bonds is 8. The van der Waals surface area contributed by atoms with E-state index in [1.54, 1.807) is 4.57 Å². The van der Waals surface area contributed by atoms with Crippen molar-refractivity contribution in [3.05, 3.63) is 93.3 Å². The van der Waals surface area contributed by atoms with Gasteiger partial charge in [-0.1, -0.05) is 18.7 Å². The van der Waals surface area contributed by atoms with Gasteiger partial charge >= 0.3 is 0 Å². The molecule has 0 spiro atoms. The van der Waals surface area contributed by atoms with Crippen molar-refractivity contribution in [3.8, 4) is 0 Å². The average molecular weight is 562 g/mol. The van der Waals surface area contributed by atoms with Crippen LogP contribution < -0.4 is 10.9 Å². The van der Waals surface area contributed by atoms with Crippen molar-refractivity contribution in [2.75, 3.05) is 11.6 Å². The predicted octanol–water partition coefficient (Wildman–Crippen LogP) is 6.54. The maximum Gasteiger partial charge on any atom is 0.258 e. The van der Waals surface area contributed by atoms with Gasteiger partial charge in [-0.2, -0.15) is 0 Å². The summed E-state index contributed by atoms with van der Waals surface area (Å²) in [6.45, 7) is 11.7. The molecule has 8 heteroatoms. The molecule has 0 unspecified atom stereocenters. The van der Waals surface area contributed by atoms with Gasteiger partial charge in [0.2, 0.25) is 0 Å². The molecule has 3 aliphatic rings. The summed E-state index contributed by atoms with van der Waals surface area (Å²) in [6, 6.07) is 9.46. The Hall–Kier alpha value is -3.52. The predicted molar refractivity (Wildman–Crippen MR) is 160 cm³/mol. The van der Waals surface area contributed by atoms with E-state index < -0.39 is 15.7 Å². The fraction of sp³-hybridized carbons (Fsp3) is 0.375. The van der Waals surface area contributed by atoms with E-state index in [0.717, 1.165) is 59.5 Å². The molecular formula is C32H36FN3O3S. The van der Waals surface area contributed by atoms with Crippen LogP contribution >= 0.6 is 0 Å². The fourth-order valence-corrected chi connectivity index (χ4v) is 7.70. The molecule has 210 valence electrons. The molecule has 3 fully saturated rings. The molecule has 1 heterocycles. The molecule has 1 N–H and O–H groups in total. The minimum atomic E-state index is -3.66. The molecule has 0 aliphatic heterocycles. The number of nitrogens with zero attached hydrogens (tertiary/aromatic N) is 2. The zero-order chi connectivity index (χ0) is 29.2. The zero-order valence-corrected chi connectivity index (χ0v) is 24.7. The number of hydrogen-bond acceptors (Lipinski definition) is 5. The third-order valence-electron chi connectivity index (χ3n) is 8.64. The number of fused-ring (bicyclic) bond motifs is 1. The summed E-state index contributed by atoms with van der Waals surface area (Å²) < 4.78 is 40.5. The largest absolute Gasteiger partial charge is 0.377 e. The van der Waals surface area contributed by atoms with E-state index in [2.05, 4.69) is 29.0 Å². The van der Waals surface area contributed by atoms with Crippen molar-refractivity contribution in [1.29, 1.82) is 0 Å². The fourth-order valence-electron chi connectivity index (χ4n) is 6.85. The molecule has 1 atom stereocenters. The van der Waals surface area contributed by atoms with Gasteiger partial charge in [0.15, 0.2) is 9.84 Å². The van der Waals surface area contributed by atoms with Crippen LogP contribution in [0.1, 0.15) is 62.9 Å². The lowest BCUT2D eigenvalue weighted by Crippen LogP contribution is -2.66. The first-order valence-electron chi connectivity index (χ1n) is 13.5. The van der Waals surface area contributed by atoms with Gasteiger partial charge in [-0.25, -0.2) is 12.8 Å². The van der Waals surface area contributed by atoms with Crippen LogP contribution in [0.25, 0.3) is 10.8 Å². The molecule has 0 amide bonds. The first kappa shape index (κ1) is 28.0. The van der Waals surface area contributed by atoms with Gasteiger partial charge in [0, 0.05) is 47.8 Å². The molecular weight excluding hydrogens is 525 g/mol. The normalized spacial score (nSPS) is 23.1. The van der Waals surface area contributed by atoms with Crippen LogP contribution in [0.15, 0.2) is 75.0 Å². The van der Waals surface area contributed by atoms with Crippen molar-refractivity contribution >= 4 is 32.5 Å². The summed E-state index contributed by atoms with van der Waals surface area (Å²) in [5.74, 6) is -0.615. The molecule has 6 nitrogen and oxygen atoms in total. The van der Waals surface area contributed by atoms with Crippen LogP contribution in [0.5, 0.6) is 0 Å². The van der Waals surface area contributed by atoms with Crippen LogP contribution in [0, 0.1) is 18.2 Å². The number of nitrogens with one attached hydrogen (secondary N) is 1. The molecule has 3 saturated carbocycles. The Bertz CT molecular complexity index is 1780. The van der Waals surface area contributed by atoms with Crippen molar-refractivity contribution in [3.63, 3.8) is 0 Å². The summed E-state index contributed by atoms with van der Waals surface area (Å²) in [7, 11) is -1.81. The summed E-state index contributed by atoms with van der Waals surface area (Å²) in [4.78, 5) is 18.0. The average Bonchev–Trinajstić information content (AvgIpc) is 2.82. The molecule has 3 aliphatic carbocycles. The Morgan fingerprint density at radius 2 is 1.85 bits per heavy atom. The summed E-state index contributed by atoms with van der Waals surface area (Å²) in [6.07, 6.45) is 8.01. The molecule has 0 saturated heterocycles. The Morgan fingerprint density at radius 3 is 2.45 bits per heavy atom. The van der Waals surface area contributed by atoms with Crippen LogP contribution in [-0.2, 0) is 22.3 Å². The van der Waals surface area contributed by atoms with Crippen molar-refractivity contribution in [1.82, 2.24) is 4.57 Å². The number of aryl methyl sites for hydroxylation is 1. The molecule has 2 aromatic carbocycles. The Labute approximate surface area is 235 Å². The highest BCUT2D eigenvalue weighted by Gasteiger charge is 2.70. The van der Waals surface area contributed by atoms with E-state index in [0.29, 0.717) is 11.1 Å². The quantitative estimate of drug-likeness (QED) is 0.317. The number of halogens is 1. The second-order valence-electron chi connectivity index (χ2n) is 11.8. The van der Waals surface area contributed by atoms with E-state index in [-0.39, 0.29) is 27.3 Å². The monoisotopic (exact) mass is 561 g/mol. The third-order valence-corrected chi connectivity index (χ3v) is 9.77. The molecule has 6 rings (SSSR count).